The summed E-state index contributed by atoms with van der Waals surface area (Å²) < 4.78 is 32.0. The molecule has 0 aliphatic heterocycles. The molecule has 0 amide bonds. The zero-order valence-electron chi connectivity index (χ0n) is 22.5. The Balaban J connectivity index is 2.63. The third kappa shape index (κ3) is 8.32. The number of hydrogen-bond acceptors (Lipinski definition) is 10. The largest absolute Gasteiger partial charge is 0.458 e. The molecule has 0 saturated heterocycles. The van der Waals surface area contributed by atoms with Crippen LogP contribution in [0.4, 0.5) is 0 Å². The van der Waals surface area contributed by atoms with Crippen LogP contribution in [0.3, 0.4) is 0 Å². The molecule has 0 saturated carbocycles. The number of ether oxygens (including phenoxy) is 6. The molecule has 0 fully saturated rings. The van der Waals surface area contributed by atoms with Crippen LogP contribution in [0.2, 0.25) is 0 Å². The Bertz CT molecular complexity index is 1470. The molecule has 0 aliphatic rings. The summed E-state index contributed by atoms with van der Waals surface area (Å²) in [6, 6.07) is 5.89. The highest BCUT2D eigenvalue weighted by atomic mass is 16.6. The second-order valence-electron chi connectivity index (χ2n) is 8.37. The van der Waals surface area contributed by atoms with Gasteiger partial charge in [-0.25, -0.2) is 19.2 Å². The standard InChI is InChI=1S/C30H28O10/c1-17(2)27(31)37-15-13-35-23-11-9-22-21(25(23)36-14-16-38-28(32)18(3)4)10-12-24(39-29(33)19(5)6)26(22)40-30(34)20(7)8/h9-16H,1,3,5,7H2,2,4,6,8H3/b15-13-,16-14-. The van der Waals surface area contributed by atoms with Gasteiger partial charge in [0.2, 0.25) is 0 Å². The van der Waals surface area contributed by atoms with Gasteiger partial charge in [-0.05, 0) is 52.0 Å². The number of carbonyl (C=O) groups excluding carboxylic acids is 4. The van der Waals surface area contributed by atoms with Crippen molar-refractivity contribution in [2.24, 2.45) is 0 Å². The smallest absolute Gasteiger partial charge is 0.338 e. The van der Waals surface area contributed by atoms with Gasteiger partial charge in [0.15, 0.2) is 23.0 Å². The fraction of sp³-hybridized carbons (Fsp3) is 0.133. The van der Waals surface area contributed by atoms with Crippen molar-refractivity contribution in [3.05, 3.63) is 97.9 Å². The molecule has 2 rings (SSSR count). The van der Waals surface area contributed by atoms with Gasteiger partial charge in [0.05, 0.1) is 0 Å². The van der Waals surface area contributed by atoms with Gasteiger partial charge in [-0.1, -0.05) is 26.3 Å². The van der Waals surface area contributed by atoms with E-state index < -0.39 is 23.9 Å². The first-order valence-electron chi connectivity index (χ1n) is 11.5. The molecule has 0 heterocycles. The fourth-order valence-electron chi connectivity index (χ4n) is 2.65. The molecule has 10 heteroatoms. The van der Waals surface area contributed by atoms with Crippen LogP contribution in [0.25, 0.3) is 10.8 Å². The maximum atomic E-state index is 12.4. The molecule has 0 N–H and O–H groups in total. The van der Waals surface area contributed by atoms with E-state index >= 15 is 0 Å². The monoisotopic (exact) mass is 548 g/mol. The molecule has 2 aromatic rings. The second kappa shape index (κ2) is 14.0. The predicted octanol–water partition coefficient (Wildman–Crippen LogP) is 5.74. The molecule has 0 aliphatic carbocycles. The Kier molecular flexibility index (Phi) is 10.8. The first kappa shape index (κ1) is 30.8. The molecule has 208 valence electrons. The maximum absolute atomic E-state index is 12.4. The van der Waals surface area contributed by atoms with Crippen LogP contribution in [-0.2, 0) is 28.7 Å². The van der Waals surface area contributed by atoms with Crippen molar-refractivity contribution in [1.29, 1.82) is 0 Å². The quantitative estimate of drug-likeness (QED) is 0.140. The highest BCUT2D eigenvalue weighted by Crippen LogP contribution is 2.44. The van der Waals surface area contributed by atoms with E-state index in [4.69, 9.17) is 28.4 Å². The summed E-state index contributed by atoms with van der Waals surface area (Å²) in [7, 11) is 0. The van der Waals surface area contributed by atoms with Crippen molar-refractivity contribution < 1.29 is 47.6 Å². The van der Waals surface area contributed by atoms with Crippen LogP contribution >= 0.6 is 0 Å². The van der Waals surface area contributed by atoms with Crippen LogP contribution in [0.15, 0.2) is 97.9 Å². The summed E-state index contributed by atoms with van der Waals surface area (Å²) in [5.41, 5.74) is 0.587. The van der Waals surface area contributed by atoms with Gasteiger partial charge >= 0.3 is 23.9 Å². The molecule has 0 unspecified atom stereocenters. The third-order valence-electron chi connectivity index (χ3n) is 4.66. The summed E-state index contributed by atoms with van der Waals surface area (Å²) in [6.07, 6.45) is 4.16. The molecule has 0 radical (unpaired) electrons. The number of hydrogen-bond donors (Lipinski definition) is 0. The van der Waals surface area contributed by atoms with E-state index in [0.717, 1.165) is 25.0 Å². The van der Waals surface area contributed by atoms with Crippen LogP contribution < -0.4 is 18.9 Å². The highest BCUT2D eigenvalue weighted by Gasteiger charge is 2.21. The first-order chi connectivity index (χ1) is 18.8. The first-order valence-corrected chi connectivity index (χ1v) is 11.5. The predicted molar refractivity (Wildman–Crippen MR) is 146 cm³/mol. The van der Waals surface area contributed by atoms with Crippen molar-refractivity contribution >= 4 is 34.6 Å². The van der Waals surface area contributed by atoms with Gasteiger partial charge in [0.1, 0.15) is 25.0 Å². The summed E-state index contributed by atoms with van der Waals surface area (Å²) >= 11 is 0. The van der Waals surface area contributed by atoms with E-state index in [2.05, 4.69) is 26.3 Å². The Morgan fingerprint density at radius 3 is 1.45 bits per heavy atom. The lowest BCUT2D eigenvalue weighted by Gasteiger charge is -2.16. The lowest BCUT2D eigenvalue weighted by Crippen LogP contribution is -2.13. The van der Waals surface area contributed by atoms with E-state index in [1.807, 2.05) is 0 Å². The van der Waals surface area contributed by atoms with Gasteiger partial charge < -0.3 is 28.4 Å². The van der Waals surface area contributed by atoms with E-state index in [-0.39, 0.29) is 50.7 Å². The van der Waals surface area contributed by atoms with Crippen LogP contribution in [0.5, 0.6) is 23.0 Å². The number of benzene rings is 2. The molecular formula is C30H28O10. The Morgan fingerprint density at radius 2 is 0.950 bits per heavy atom. The Labute approximate surface area is 231 Å². The molecule has 0 aromatic heterocycles. The van der Waals surface area contributed by atoms with Gasteiger partial charge in [0.25, 0.3) is 0 Å². The minimum atomic E-state index is -0.767. The van der Waals surface area contributed by atoms with Crippen LogP contribution in [-0.4, -0.2) is 23.9 Å². The van der Waals surface area contributed by atoms with E-state index in [0.29, 0.717) is 5.39 Å². The summed E-state index contributed by atoms with van der Waals surface area (Å²) in [4.78, 5) is 47.9. The minimum Gasteiger partial charge on any atom is -0.458 e. The zero-order chi connectivity index (χ0) is 30.0. The van der Waals surface area contributed by atoms with Gasteiger partial charge in [-0.15, -0.1) is 0 Å². The van der Waals surface area contributed by atoms with Crippen molar-refractivity contribution in [1.82, 2.24) is 0 Å². The number of rotatable bonds is 12. The van der Waals surface area contributed by atoms with Crippen molar-refractivity contribution in [3.63, 3.8) is 0 Å². The number of carbonyl (C=O) groups is 4. The van der Waals surface area contributed by atoms with Crippen LogP contribution in [0.1, 0.15) is 27.7 Å². The van der Waals surface area contributed by atoms with Crippen molar-refractivity contribution in [2.45, 2.75) is 27.7 Å². The van der Waals surface area contributed by atoms with E-state index in [1.54, 1.807) is 0 Å². The average molecular weight is 549 g/mol. The summed E-state index contributed by atoms with van der Waals surface area (Å²) in [5.74, 6) is -2.80. The number of esters is 4. The molecule has 10 nitrogen and oxygen atoms in total. The second-order valence-corrected chi connectivity index (χ2v) is 8.37. The molecule has 0 atom stereocenters. The Morgan fingerprint density at radius 1 is 0.525 bits per heavy atom. The summed E-state index contributed by atoms with van der Waals surface area (Å²) in [5, 5.41) is 0.620. The van der Waals surface area contributed by atoms with Gasteiger partial charge in [-0.3, -0.25) is 0 Å². The van der Waals surface area contributed by atoms with Gasteiger partial charge in [0, 0.05) is 33.1 Å². The molecule has 0 spiro atoms. The molecule has 2 aromatic carbocycles. The lowest BCUT2D eigenvalue weighted by atomic mass is 10.1. The molecule has 0 bridgehead atoms. The summed E-state index contributed by atoms with van der Waals surface area (Å²) in [6.45, 7) is 20.0. The molecular weight excluding hydrogens is 520 g/mol. The molecule has 40 heavy (non-hydrogen) atoms. The fourth-order valence-corrected chi connectivity index (χ4v) is 2.65. The van der Waals surface area contributed by atoms with Crippen molar-refractivity contribution in [3.8, 4) is 23.0 Å². The average Bonchev–Trinajstić information content (AvgIpc) is 2.89. The zero-order valence-corrected chi connectivity index (χ0v) is 22.5. The lowest BCUT2D eigenvalue weighted by molar-refractivity contribution is -0.134. The number of fused-ring (bicyclic) bond motifs is 1. The Hall–Kier alpha value is -5.38. The van der Waals surface area contributed by atoms with Crippen LogP contribution in [0, 0.1) is 0 Å². The van der Waals surface area contributed by atoms with E-state index in [9.17, 15) is 19.2 Å². The highest BCUT2D eigenvalue weighted by molar-refractivity contribution is 6.01. The topological polar surface area (TPSA) is 124 Å². The van der Waals surface area contributed by atoms with Crippen molar-refractivity contribution in [2.75, 3.05) is 0 Å². The maximum Gasteiger partial charge on any atom is 0.338 e. The normalized spacial score (nSPS) is 10.6. The third-order valence-corrected chi connectivity index (χ3v) is 4.66. The van der Waals surface area contributed by atoms with Gasteiger partial charge in [-0.2, -0.15) is 0 Å². The minimum absolute atomic E-state index is 0.0627. The van der Waals surface area contributed by atoms with E-state index in [1.165, 1.54) is 52.0 Å². The SMILES string of the molecule is C=C(C)C(=O)O/C=C\Oc1ccc2c(OC(=O)C(=C)C)c(OC(=O)C(=C)C)ccc2c1O/C=C\OC(=O)C(=C)C.